The summed E-state index contributed by atoms with van der Waals surface area (Å²) in [5, 5.41) is 6.86. The van der Waals surface area contributed by atoms with Gasteiger partial charge in [-0.15, -0.1) is 0 Å². The van der Waals surface area contributed by atoms with Crippen molar-refractivity contribution >= 4 is 34.8 Å². The topological polar surface area (TPSA) is 53.6 Å². The first kappa shape index (κ1) is 16.5. The first-order valence-corrected chi connectivity index (χ1v) is 7.56. The van der Waals surface area contributed by atoms with Crippen LogP contribution in [-0.4, -0.2) is 56.7 Å². The molecule has 1 aliphatic rings. The maximum atomic E-state index is 12.0. The second kappa shape index (κ2) is 7.96. The van der Waals surface area contributed by atoms with Gasteiger partial charge in [0.05, 0.1) is 35.0 Å². The van der Waals surface area contributed by atoms with Gasteiger partial charge in [-0.05, 0) is 19.2 Å². The lowest BCUT2D eigenvalue weighted by Gasteiger charge is -2.27. The Labute approximate surface area is 134 Å². The Bertz CT molecular complexity index is 473. The molecular weight excluding hydrogens is 313 g/mol. The van der Waals surface area contributed by atoms with Gasteiger partial charge in [0.1, 0.15) is 0 Å². The standard InChI is InChI=1S/C14H19Cl2N3O2/c1-19(8-10-7-17-5-6-21-10)9-13(20)18-14-11(15)3-2-4-12(14)16/h2-4,10,17H,5-9H2,1H3,(H,18,20). The summed E-state index contributed by atoms with van der Waals surface area (Å²) in [7, 11) is 1.88. The summed E-state index contributed by atoms with van der Waals surface area (Å²) >= 11 is 12.0. The van der Waals surface area contributed by atoms with Crippen LogP contribution in [0.4, 0.5) is 5.69 Å². The van der Waals surface area contributed by atoms with E-state index in [2.05, 4.69) is 10.6 Å². The van der Waals surface area contributed by atoms with Crippen molar-refractivity contribution in [3.05, 3.63) is 28.2 Å². The van der Waals surface area contributed by atoms with E-state index in [1.807, 2.05) is 11.9 Å². The number of carbonyl (C=O) groups excluding carboxylic acids is 1. The van der Waals surface area contributed by atoms with Gasteiger partial charge in [0.25, 0.3) is 0 Å². The number of morpholine rings is 1. The number of anilines is 1. The number of nitrogens with one attached hydrogen (secondary N) is 2. The fourth-order valence-electron chi connectivity index (χ4n) is 2.19. The molecule has 7 heteroatoms. The number of hydrogen-bond donors (Lipinski definition) is 2. The van der Waals surface area contributed by atoms with Gasteiger partial charge in [-0.2, -0.15) is 0 Å². The highest BCUT2D eigenvalue weighted by Crippen LogP contribution is 2.29. The minimum Gasteiger partial charge on any atom is -0.374 e. The molecule has 1 aromatic carbocycles. The van der Waals surface area contributed by atoms with Crippen molar-refractivity contribution in [3.8, 4) is 0 Å². The number of likely N-dealkylation sites (N-methyl/N-ethyl adjacent to an activating group) is 1. The van der Waals surface area contributed by atoms with E-state index in [1.54, 1.807) is 18.2 Å². The Morgan fingerprint density at radius 3 is 2.81 bits per heavy atom. The van der Waals surface area contributed by atoms with Crippen molar-refractivity contribution in [1.29, 1.82) is 0 Å². The SMILES string of the molecule is CN(CC(=O)Nc1c(Cl)cccc1Cl)CC1CNCCO1. The van der Waals surface area contributed by atoms with Gasteiger partial charge >= 0.3 is 0 Å². The molecule has 0 aromatic heterocycles. The predicted molar refractivity (Wildman–Crippen MR) is 85.2 cm³/mol. The molecule has 1 fully saturated rings. The number of para-hydroxylation sites is 1. The first-order valence-electron chi connectivity index (χ1n) is 6.81. The molecule has 1 atom stereocenters. The maximum Gasteiger partial charge on any atom is 0.238 e. The molecule has 2 rings (SSSR count). The Hall–Kier alpha value is -0.850. The molecular formula is C14H19Cl2N3O2. The van der Waals surface area contributed by atoms with E-state index < -0.39 is 0 Å². The van der Waals surface area contributed by atoms with Crippen molar-refractivity contribution in [1.82, 2.24) is 10.2 Å². The zero-order chi connectivity index (χ0) is 15.2. The number of benzene rings is 1. The molecule has 1 unspecified atom stereocenters. The van der Waals surface area contributed by atoms with Gasteiger partial charge in [-0.3, -0.25) is 9.69 Å². The summed E-state index contributed by atoms with van der Waals surface area (Å²) in [6.07, 6.45) is 0.112. The maximum absolute atomic E-state index is 12.0. The number of amides is 1. The summed E-state index contributed by atoms with van der Waals surface area (Å²) in [6, 6.07) is 5.11. The highest BCUT2D eigenvalue weighted by molar-refractivity contribution is 6.39. The molecule has 1 amide bonds. The second-order valence-corrected chi connectivity index (χ2v) is 5.85. The van der Waals surface area contributed by atoms with E-state index in [9.17, 15) is 4.79 Å². The summed E-state index contributed by atoms with van der Waals surface area (Å²) in [6.45, 7) is 3.34. The largest absolute Gasteiger partial charge is 0.374 e. The van der Waals surface area contributed by atoms with Gasteiger partial charge in [0, 0.05) is 19.6 Å². The van der Waals surface area contributed by atoms with Gasteiger partial charge in [-0.1, -0.05) is 29.3 Å². The monoisotopic (exact) mass is 331 g/mol. The fraction of sp³-hybridized carbons (Fsp3) is 0.500. The van der Waals surface area contributed by atoms with Crippen LogP contribution in [0.2, 0.25) is 10.0 Å². The van der Waals surface area contributed by atoms with E-state index in [0.717, 1.165) is 13.1 Å². The number of carbonyl (C=O) groups is 1. The van der Waals surface area contributed by atoms with Gasteiger partial charge in [-0.25, -0.2) is 0 Å². The predicted octanol–water partition coefficient (Wildman–Crippen LogP) is 1.85. The molecule has 21 heavy (non-hydrogen) atoms. The van der Waals surface area contributed by atoms with E-state index in [1.165, 1.54) is 0 Å². The van der Waals surface area contributed by atoms with Crippen LogP contribution in [0.3, 0.4) is 0 Å². The summed E-state index contributed by atoms with van der Waals surface area (Å²) in [4.78, 5) is 14.0. The smallest absolute Gasteiger partial charge is 0.238 e. The molecule has 0 spiro atoms. The van der Waals surface area contributed by atoms with Crippen molar-refractivity contribution in [2.75, 3.05) is 45.2 Å². The minimum absolute atomic E-state index is 0.112. The molecule has 1 aromatic rings. The molecule has 1 aliphatic heterocycles. The van der Waals surface area contributed by atoms with E-state index in [4.69, 9.17) is 27.9 Å². The average Bonchev–Trinajstić information content (AvgIpc) is 2.44. The third-order valence-corrected chi connectivity index (χ3v) is 3.79. The Balaban J connectivity index is 1.83. The van der Waals surface area contributed by atoms with E-state index >= 15 is 0 Å². The molecule has 116 valence electrons. The lowest BCUT2D eigenvalue weighted by molar-refractivity contribution is -0.117. The zero-order valence-corrected chi connectivity index (χ0v) is 13.4. The van der Waals surface area contributed by atoms with Crippen LogP contribution in [0.25, 0.3) is 0 Å². The molecule has 1 saturated heterocycles. The molecule has 0 aliphatic carbocycles. The van der Waals surface area contributed by atoms with E-state index in [-0.39, 0.29) is 18.6 Å². The number of nitrogens with zero attached hydrogens (tertiary/aromatic N) is 1. The molecule has 5 nitrogen and oxygen atoms in total. The lowest BCUT2D eigenvalue weighted by atomic mass is 10.3. The quantitative estimate of drug-likeness (QED) is 0.864. The number of hydrogen-bond acceptors (Lipinski definition) is 4. The van der Waals surface area contributed by atoms with Crippen LogP contribution in [0.15, 0.2) is 18.2 Å². The summed E-state index contributed by atoms with van der Waals surface area (Å²) in [5.41, 5.74) is 0.454. The normalized spacial score (nSPS) is 18.8. The van der Waals surface area contributed by atoms with Crippen LogP contribution in [0, 0.1) is 0 Å². The highest BCUT2D eigenvalue weighted by Gasteiger charge is 2.17. The van der Waals surface area contributed by atoms with Crippen molar-refractivity contribution < 1.29 is 9.53 Å². The Morgan fingerprint density at radius 2 is 2.19 bits per heavy atom. The average molecular weight is 332 g/mol. The third-order valence-electron chi connectivity index (χ3n) is 3.16. The van der Waals surface area contributed by atoms with Crippen molar-refractivity contribution in [2.24, 2.45) is 0 Å². The zero-order valence-electron chi connectivity index (χ0n) is 11.9. The molecule has 1 heterocycles. The van der Waals surface area contributed by atoms with Crippen LogP contribution in [0.5, 0.6) is 0 Å². The Kier molecular flexibility index (Phi) is 6.26. The second-order valence-electron chi connectivity index (χ2n) is 5.04. The number of halogens is 2. The highest BCUT2D eigenvalue weighted by atomic mass is 35.5. The molecule has 0 bridgehead atoms. The molecule has 2 N–H and O–H groups in total. The van der Waals surface area contributed by atoms with Crippen molar-refractivity contribution in [3.63, 3.8) is 0 Å². The Morgan fingerprint density at radius 1 is 1.48 bits per heavy atom. The number of rotatable bonds is 5. The fourth-order valence-corrected chi connectivity index (χ4v) is 2.68. The third kappa shape index (κ3) is 5.13. The first-order chi connectivity index (χ1) is 10.1. The molecule has 0 saturated carbocycles. The van der Waals surface area contributed by atoms with Crippen LogP contribution in [0.1, 0.15) is 0 Å². The molecule has 0 radical (unpaired) electrons. The van der Waals surface area contributed by atoms with Crippen LogP contribution in [-0.2, 0) is 9.53 Å². The number of ether oxygens (including phenoxy) is 1. The van der Waals surface area contributed by atoms with Crippen LogP contribution >= 0.6 is 23.2 Å². The van der Waals surface area contributed by atoms with Crippen LogP contribution < -0.4 is 10.6 Å². The van der Waals surface area contributed by atoms with Gasteiger partial charge in [0.2, 0.25) is 5.91 Å². The summed E-state index contributed by atoms with van der Waals surface area (Å²) < 4.78 is 5.61. The van der Waals surface area contributed by atoms with Gasteiger partial charge < -0.3 is 15.4 Å². The minimum atomic E-state index is -0.156. The van der Waals surface area contributed by atoms with Gasteiger partial charge in [0.15, 0.2) is 0 Å². The van der Waals surface area contributed by atoms with Crippen molar-refractivity contribution in [2.45, 2.75) is 6.10 Å². The lowest BCUT2D eigenvalue weighted by Crippen LogP contribution is -2.45. The van der Waals surface area contributed by atoms with E-state index in [0.29, 0.717) is 28.9 Å². The summed E-state index contributed by atoms with van der Waals surface area (Å²) in [5.74, 6) is -0.156.